The van der Waals surface area contributed by atoms with Crippen molar-refractivity contribution < 1.29 is 23.7 Å². The number of amides is 1. The number of piperazine rings is 1. The Kier molecular flexibility index (Phi) is 7.97. The van der Waals surface area contributed by atoms with E-state index in [0.717, 1.165) is 44.2 Å². The standard InChI is InChI=1S/C23H31N3O5/c1-28-18-6-8-20(29-2)19(14-18)24-23(27)16-26-11-9-25(10-12-26)15-17-5-7-21(30-3)22(13-17)31-4/h5-8,13-14H,9-12,15-16H2,1-4H3,(H,24,27). The molecule has 8 nitrogen and oxygen atoms in total. The third-order valence-corrected chi connectivity index (χ3v) is 5.37. The summed E-state index contributed by atoms with van der Waals surface area (Å²) in [5.74, 6) is 2.67. The Balaban J connectivity index is 1.49. The first-order valence-electron chi connectivity index (χ1n) is 10.2. The summed E-state index contributed by atoms with van der Waals surface area (Å²) in [6.45, 7) is 4.62. The van der Waals surface area contributed by atoms with Crippen LogP contribution in [-0.2, 0) is 11.3 Å². The second kappa shape index (κ2) is 10.9. The number of hydrogen-bond donors (Lipinski definition) is 1. The number of ether oxygens (including phenoxy) is 4. The predicted molar refractivity (Wildman–Crippen MR) is 119 cm³/mol. The smallest absolute Gasteiger partial charge is 0.238 e. The van der Waals surface area contributed by atoms with Crippen molar-refractivity contribution in [1.29, 1.82) is 0 Å². The molecule has 3 rings (SSSR count). The summed E-state index contributed by atoms with van der Waals surface area (Å²) in [5.41, 5.74) is 1.79. The number of rotatable bonds is 9. The van der Waals surface area contributed by atoms with Crippen molar-refractivity contribution in [3.05, 3.63) is 42.0 Å². The van der Waals surface area contributed by atoms with E-state index in [2.05, 4.69) is 21.2 Å². The molecule has 1 aliphatic heterocycles. The number of benzene rings is 2. The van der Waals surface area contributed by atoms with Crippen LogP contribution >= 0.6 is 0 Å². The molecule has 0 unspecified atom stereocenters. The van der Waals surface area contributed by atoms with Crippen LogP contribution in [0.4, 0.5) is 5.69 Å². The summed E-state index contributed by atoms with van der Waals surface area (Å²) in [6.07, 6.45) is 0. The highest BCUT2D eigenvalue weighted by atomic mass is 16.5. The van der Waals surface area contributed by atoms with E-state index < -0.39 is 0 Å². The summed E-state index contributed by atoms with van der Waals surface area (Å²) in [7, 11) is 6.45. The molecule has 0 spiro atoms. The van der Waals surface area contributed by atoms with Crippen molar-refractivity contribution in [1.82, 2.24) is 9.80 Å². The van der Waals surface area contributed by atoms with E-state index in [1.807, 2.05) is 12.1 Å². The number of anilines is 1. The summed E-state index contributed by atoms with van der Waals surface area (Å²) in [6, 6.07) is 11.3. The van der Waals surface area contributed by atoms with E-state index in [0.29, 0.717) is 23.7 Å². The van der Waals surface area contributed by atoms with Gasteiger partial charge in [0.1, 0.15) is 11.5 Å². The quantitative estimate of drug-likeness (QED) is 0.657. The molecule has 0 aliphatic carbocycles. The van der Waals surface area contributed by atoms with Crippen LogP contribution in [0.2, 0.25) is 0 Å². The lowest BCUT2D eigenvalue weighted by Crippen LogP contribution is -2.48. The van der Waals surface area contributed by atoms with Crippen molar-refractivity contribution >= 4 is 11.6 Å². The number of methoxy groups -OCH3 is 4. The molecule has 0 radical (unpaired) electrons. The number of carbonyl (C=O) groups excluding carboxylic acids is 1. The highest BCUT2D eigenvalue weighted by Gasteiger charge is 2.20. The van der Waals surface area contributed by atoms with Crippen molar-refractivity contribution in [3.63, 3.8) is 0 Å². The van der Waals surface area contributed by atoms with Gasteiger partial charge in [-0.15, -0.1) is 0 Å². The molecule has 1 heterocycles. The molecule has 1 aliphatic rings. The fourth-order valence-corrected chi connectivity index (χ4v) is 3.65. The molecule has 1 fully saturated rings. The zero-order chi connectivity index (χ0) is 22.2. The second-order valence-electron chi connectivity index (χ2n) is 7.36. The van der Waals surface area contributed by atoms with Gasteiger partial charge in [-0.1, -0.05) is 6.07 Å². The van der Waals surface area contributed by atoms with Crippen LogP contribution in [0.5, 0.6) is 23.0 Å². The van der Waals surface area contributed by atoms with E-state index in [-0.39, 0.29) is 5.91 Å². The van der Waals surface area contributed by atoms with Crippen molar-refractivity contribution in [2.24, 2.45) is 0 Å². The first kappa shape index (κ1) is 22.7. The molecule has 0 aromatic heterocycles. The molecule has 2 aromatic rings. The van der Waals surface area contributed by atoms with E-state index in [1.54, 1.807) is 46.6 Å². The van der Waals surface area contributed by atoms with Gasteiger partial charge in [0.25, 0.3) is 0 Å². The summed E-state index contributed by atoms with van der Waals surface area (Å²) < 4.78 is 21.3. The largest absolute Gasteiger partial charge is 0.497 e. The molecule has 2 aromatic carbocycles. The van der Waals surface area contributed by atoms with E-state index >= 15 is 0 Å². The Bertz CT molecular complexity index is 882. The molecular formula is C23H31N3O5. The maximum Gasteiger partial charge on any atom is 0.238 e. The van der Waals surface area contributed by atoms with E-state index in [1.165, 1.54) is 5.56 Å². The number of nitrogens with one attached hydrogen (secondary N) is 1. The Morgan fingerprint density at radius 3 is 2.10 bits per heavy atom. The summed E-state index contributed by atoms with van der Waals surface area (Å²) >= 11 is 0. The van der Waals surface area contributed by atoms with E-state index in [9.17, 15) is 4.79 Å². The predicted octanol–water partition coefficient (Wildman–Crippen LogP) is 2.48. The van der Waals surface area contributed by atoms with Gasteiger partial charge in [-0.05, 0) is 29.8 Å². The molecule has 168 valence electrons. The molecule has 1 N–H and O–H groups in total. The van der Waals surface area contributed by atoms with Crippen LogP contribution in [-0.4, -0.2) is 76.9 Å². The number of carbonyl (C=O) groups is 1. The highest BCUT2D eigenvalue weighted by Crippen LogP contribution is 2.29. The molecule has 1 amide bonds. The monoisotopic (exact) mass is 429 g/mol. The Labute approximate surface area is 183 Å². The Hall–Kier alpha value is -2.97. The van der Waals surface area contributed by atoms with Crippen LogP contribution in [0, 0.1) is 0 Å². The minimum absolute atomic E-state index is 0.0695. The van der Waals surface area contributed by atoms with Gasteiger partial charge in [0.05, 0.1) is 40.7 Å². The van der Waals surface area contributed by atoms with E-state index in [4.69, 9.17) is 18.9 Å². The lowest BCUT2D eigenvalue weighted by molar-refractivity contribution is -0.117. The molecule has 1 saturated heterocycles. The van der Waals surface area contributed by atoms with Gasteiger partial charge in [0.15, 0.2) is 11.5 Å². The third-order valence-electron chi connectivity index (χ3n) is 5.37. The fourth-order valence-electron chi connectivity index (χ4n) is 3.65. The minimum Gasteiger partial charge on any atom is -0.497 e. The summed E-state index contributed by atoms with van der Waals surface area (Å²) in [5, 5.41) is 2.93. The van der Waals surface area contributed by atoms with Crippen LogP contribution in [0.1, 0.15) is 5.56 Å². The lowest BCUT2D eigenvalue weighted by atomic mass is 10.1. The molecular weight excluding hydrogens is 398 g/mol. The Morgan fingerprint density at radius 1 is 0.806 bits per heavy atom. The first-order chi connectivity index (χ1) is 15.1. The first-order valence-corrected chi connectivity index (χ1v) is 10.2. The SMILES string of the molecule is COc1ccc(OC)c(NC(=O)CN2CCN(Cc3ccc(OC)c(OC)c3)CC2)c1. The fraction of sp³-hybridized carbons (Fsp3) is 0.435. The van der Waals surface area contributed by atoms with Crippen LogP contribution in [0.15, 0.2) is 36.4 Å². The van der Waals surface area contributed by atoms with Crippen molar-refractivity contribution in [3.8, 4) is 23.0 Å². The van der Waals surface area contributed by atoms with Crippen LogP contribution < -0.4 is 24.3 Å². The highest BCUT2D eigenvalue weighted by molar-refractivity contribution is 5.94. The van der Waals surface area contributed by atoms with Gasteiger partial charge in [-0.2, -0.15) is 0 Å². The second-order valence-corrected chi connectivity index (χ2v) is 7.36. The van der Waals surface area contributed by atoms with Gasteiger partial charge in [0, 0.05) is 38.8 Å². The molecule has 8 heteroatoms. The molecule has 0 saturated carbocycles. The van der Waals surface area contributed by atoms with Gasteiger partial charge in [-0.25, -0.2) is 0 Å². The van der Waals surface area contributed by atoms with Crippen molar-refractivity contribution in [2.45, 2.75) is 6.54 Å². The van der Waals surface area contributed by atoms with Gasteiger partial charge >= 0.3 is 0 Å². The normalized spacial score (nSPS) is 14.7. The summed E-state index contributed by atoms with van der Waals surface area (Å²) in [4.78, 5) is 17.1. The average molecular weight is 430 g/mol. The van der Waals surface area contributed by atoms with Crippen molar-refractivity contribution in [2.75, 3.05) is 66.5 Å². The Morgan fingerprint density at radius 2 is 1.45 bits per heavy atom. The van der Waals surface area contributed by atoms with Crippen LogP contribution in [0.25, 0.3) is 0 Å². The van der Waals surface area contributed by atoms with Gasteiger partial charge in [0.2, 0.25) is 5.91 Å². The maximum atomic E-state index is 12.6. The third kappa shape index (κ3) is 6.02. The van der Waals surface area contributed by atoms with Gasteiger partial charge in [-0.3, -0.25) is 14.6 Å². The van der Waals surface area contributed by atoms with Gasteiger partial charge < -0.3 is 24.3 Å². The number of hydrogen-bond acceptors (Lipinski definition) is 7. The average Bonchev–Trinajstić information content (AvgIpc) is 2.80. The maximum absolute atomic E-state index is 12.6. The van der Waals surface area contributed by atoms with Crippen LogP contribution in [0.3, 0.4) is 0 Å². The minimum atomic E-state index is -0.0695. The zero-order valence-electron chi connectivity index (χ0n) is 18.6. The zero-order valence-corrected chi connectivity index (χ0v) is 18.6. The molecule has 31 heavy (non-hydrogen) atoms. The molecule has 0 atom stereocenters. The number of nitrogens with zero attached hydrogens (tertiary/aromatic N) is 2. The molecule has 0 bridgehead atoms. The lowest BCUT2D eigenvalue weighted by Gasteiger charge is -2.34. The topological polar surface area (TPSA) is 72.5 Å².